The summed E-state index contributed by atoms with van der Waals surface area (Å²) >= 11 is 0. The molecule has 1 heterocycles. The maximum atomic E-state index is 13.8. The first-order valence-corrected chi connectivity index (χ1v) is 22.1. The minimum atomic E-state index is -1.35. The third kappa shape index (κ3) is 17.1. The van der Waals surface area contributed by atoms with Crippen LogP contribution in [0.5, 0.6) is 5.75 Å². The number of Topliss-reactive ketones (excluding diaryl/α,β-unsaturated/α-hetero) is 1. The molecule has 5 amide bonds. The van der Waals surface area contributed by atoms with E-state index < -0.39 is 60.4 Å². The van der Waals surface area contributed by atoms with E-state index in [1.165, 1.54) is 37.3 Å². The van der Waals surface area contributed by atoms with Crippen molar-refractivity contribution in [2.24, 2.45) is 5.92 Å². The molecule has 0 unspecified atom stereocenters. The first kappa shape index (κ1) is 52.1. The number of unbranched alkanes of at least 4 members (excludes halogenated alkanes) is 2. The Balaban J connectivity index is 1.49. The summed E-state index contributed by atoms with van der Waals surface area (Å²) in [6, 6.07) is 22.6. The highest BCUT2D eigenvalue weighted by Gasteiger charge is 2.34. The van der Waals surface area contributed by atoms with Gasteiger partial charge >= 0.3 is 18.0 Å². The molecule has 4 aromatic rings. The Hall–Kier alpha value is -7.50. The third-order valence-electron chi connectivity index (χ3n) is 10.1. The third-order valence-corrected chi connectivity index (χ3v) is 10.1. The molecule has 0 fully saturated rings. The predicted molar refractivity (Wildman–Crippen MR) is 244 cm³/mol. The Kier molecular flexibility index (Phi) is 21.1. The topological polar surface area (TPSA) is 238 Å². The standard InChI is InChI=1S/C49H59N5O13/c1-6-8-11-20-37(40(7-2)54(31-55)67-49(62)52-32(3)4)45(58)50-30-51-47(60)42-24-23-41(66-42)36-21-22-38(43(26-36)63-29-44(57)64-27-34-16-12-9-13-17-34)46(59)53-39(25-33(5)56)48(61)65-28-35-18-14-10-15-19-35/h9-10,12-19,21-24,26,31-32,37,39-40H,6-8,11,20,25,27-30H2,1-5H3,(H,50,58)(H,51,60)(H,52,62)(H,53,59)/t37-,39+,40-/m1/s1. The normalized spacial score (nSPS) is 12.1. The number of furan rings is 1. The molecule has 0 aliphatic heterocycles. The van der Waals surface area contributed by atoms with Gasteiger partial charge in [-0.3, -0.25) is 24.0 Å². The lowest BCUT2D eigenvalue weighted by Gasteiger charge is -2.32. The van der Waals surface area contributed by atoms with Gasteiger partial charge in [0.15, 0.2) is 12.4 Å². The largest absolute Gasteiger partial charge is 0.481 e. The number of nitrogens with one attached hydrogen (secondary N) is 4. The van der Waals surface area contributed by atoms with Crippen LogP contribution in [0.2, 0.25) is 0 Å². The van der Waals surface area contributed by atoms with E-state index in [0.29, 0.717) is 36.8 Å². The number of benzene rings is 3. The summed E-state index contributed by atoms with van der Waals surface area (Å²) in [7, 11) is 0. The average Bonchev–Trinajstić information content (AvgIpc) is 3.82. The monoisotopic (exact) mass is 925 g/mol. The van der Waals surface area contributed by atoms with Crippen LogP contribution >= 0.6 is 0 Å². The summed E-state index contributed by atoms with van der Waals surface area (Å²) in [4.78, 5) is 108. The van der Waals surface area contributed by atoms with Gasteiger partial charge < -0.3 is 44.7 Å². The number of nitrogens with zero attached hydrogens (tertiary/aromatic N) is 1. The lowest BCUT2D eigenvalue weighted by atomic mass is 9.90. The Labute approximate surface area is 389 Å². The summed E-state index contributed by atoms with van der Waals surface area (Å²) < 4.78 is 22.5. The van der Waals surface area contributed by atoms with Gasteiger partial charge in [-0.1, -0.05) is 99.8 Å². The van der Waals surface area contributed by atoms with Crippen molar-refractivity contribution in [3.05, 3.63) is 113 Å². The predicted octanol–water partition coefficient (Wildman–Crippen LogP) is 6.18. The van der Waals surface area contributed by atoms with Crippen LogP contribution < -0.4 is 26.0 Å². The van der Waals surface area contributed by atoms with E-state index in [0.717, 1.165) is 23.5 Å². The number of carbonyl (C=O) groups is 8. The van der Waals surface area contributed by atoms with Crippen LogP contribution in [0.1, 0.15) is 105 Å². The maximum absolute atomic E-state index is 13.8. The first-order chi connectivity index (χ1) is 32.2. The molecule has 0 saturated heterocycles. The summed E-state index contributed by atoms with van der Waals surface area (Å²) in [6.45, 7) is 7.47. The van der Waals surface area contributed by atoms with E-state index in [2.05, 4.69) is 21.3 Å². The quantitative estimate of drug-likeness (QED) is 0.0172. The van der Waals surface area contributed by atoms with Gasteiger partial charge in [-0.25, -0.2) is 14.4 Å². The van der Waals surface area contributed by atoms with Crippen LogP contribution in [0.3, 0.4) is 0 Å². The molecule has 3 atom stereocenters. The Morgan fingerprint density at radius 1 is 0.776 bits per heavy atom. The van der Waals surface area contributed by atoms with Gasteiger partial charge in [0.1, 0.15) is 36.5 Å². The van der Waals surface area contributed by atoms with E-state index >= 15 is 0 Å². The van der Waals surface area contributed by atoms with Crippen LogP contribution in [0.15, 0.2) is 95.4 Å². The molecule has 0 aliphatic carbocycles. The lowest BCUT2D eigenvalue weighted by molar-refractivity contribution is -0.169. The van der Waals surface area contributed by atoms with Gasteiger partial charge in [-0.05, 0) is 69.0 Å². The second-order valence-corrected chi connectivity index (χ2v) is 15.8. The number of ether oxygens (including phenoxy) is 3. The number of esters is 2. The molecule has 1 aromatic heterocycles. The van der Waals surface area contributed by atoms with Crippen molar-refractivity contribution >= 4 is 47.9 Å². The fraction of sp³-hybridized carbons (Fsp3) is 0.388. The minimum Gasteiger partial charge on any atom is -0.481 e. The van der Waals surface area contributed by atoms with Crippen LogP contribution in [0.25, 0.3) is 11.3 Å². The van der Waals surface area contributed by atoms with Crippen molar-refractivity contribution in [1.29, 1.82) is 0 Å². The van der Waals surface area contributed by atoms with Crippen molar-refractivity contribution in [2.45, 2.75) is 104 Å². The van der Waals surface area contributed by atoms with Crippen molar-refractivity contribution in [3.8, 4) is 17.1 Å². The highest BCUT2D eigenvalue weighted by molar-refractivity contribution is 6.00. The molecule has 4 N–H and O–H groups in total. The number of rotatable bonds is 27. The second kappa shape index (κ2) is 27.1. The second-order valence-electron chi connectivity index (χ2n) is 15.8. The van der Waals surface area contributed by atoms with E-state index in [1.807, 2.05) is 13.0 Å². The molecule has 0 radical (unpaired) electrons. The number of ketones is 1. The molecule has 18 heteroatoms. The maximum Gasteiger partial charge on any atom is 0.431 e. The van der Waals surface area contributed by atoms with Crippen molar-refractivity contribution < 1.29 is 61.8 Å². The van der Waals surface area contributed by atoms with Gasteiger partial charge in [0.25, 0.3) is 11.8 Å². The van der Waals surface area contributed by atoms with Gasteiger partial charge in [-0.2, -0.15) is 5.06 Å². The number of hydrogen-bond donors (Lipinski definition) is 4. The van der Waals surface area contributed by atoms with Crippen molar-refractivity contribution in [2.75, 3.05) is 13.3 Å². The van der Waals surface area contributed by atoms with Gasteiger partial charge in [-0.15, -0.1) is 0 Å². The number of carbonyl (C=O) groups excluding carboxylic acids is 8. The van der Waals surface area contributed by atoms with Crippen LogP contribution in [0.4, 0.5) is 4.79 Å². The molecule has 4 rings (SSSR count). The van der Waals surface area contributed by atoms with Gasteiger partial charge in [0.2, 0.25) is 12.3 Å². The Bertz CT molecular complexity index is 2280. The highest BCUT2D eigenvalue weighted by atomic mass is 16.7. The molecule has 358 valence electrons. The Morgan fingerprint density at radius 3 is 2.06 bits per heavy atom. The summed E-state index contributed by atoms with van der Waals surface area (Å²) in [5.74, 6) is -4.81. The molecular formula is C49H59N5O13. The molecule has 0 saturated carbocycles. The molecule has 67 heavy (non-hydrogen) atoms. The summed E-state index contributed by atoms with van der Waals surface area (Å²) in [6.07, 6.45) is 2.22. The number of amides is 5. The zero-order valence-electron chi connectivity index (χ0n) is 38.4. The lowest BCUT2D eigenvalue weighted by Crippen LogP contribution is -2.50. The molecule has 0 bridgehead atoms. The van der Waals surface area contributed by atoms with E-state index in [9.17, 15) is 38.4 Å². The SMILES string of the molecule is CCCCC[C@@H](C(=O)NCNC(=O)c1ccc(-c2ccc(C(=O)N[C@@H](CC(C)=O)C(=O)OCc3ccccc3)c(OCC(=O)OCc3ccccc3)c2)o1)[C@@H](CC)N(C=O)OC(=O)NC(C)C. The van der Waals surface area contributed by atoms with Gasteiger partial charge in [0.05, 0.1) is 24.2 Å². The van der Waals surface area contributed by atoms with Crippen molar-refractivity contribution in [1.82, 2.24) is 26.3 Å². The zero-order chi connectivity index (χ0) is 48.7. The zero-order valence-corrected chi connectivity index (χ0v) is 38.4. The molecule has 18 nitrogen and oxygen atoms in total. The molecular weight excluding hydrogens is 867 g/mol. The summed E-state index contributed by atoms with van der Waals surface area (Å²) in [5, 5.41) is 11.2. The van der Waals surface area contributed by atoms with Crippen LogP contribution in [-0.2, 0) is 51.5 Å². The van der Waals surface area contributed by atoms with E-state index in [1.54, 1.807) is 75.4 Å². The van der Waals surface area contributed by atoms with Gasteiger partial charge in [0, 0.05) is 18.0 Å². The summed E-state index contributed by atoms with van der Waals surface area (Å²) in [5.41, 5.74) is 1.66. The Morgan fingerprint density at radius 2 is 1.45 bits per heavy atom. The minimum absolute atomic E-state index is 0.0274. The fourth-order valence-corrected chi connectivity index (χ4v) is 6.77. The molecule has 0 spiro atoms. The highest BCUT2D eigenvalue weighted by Crippen LogP contribution is 2.30. The van der Waals surface area contributed by atoms with E-state index in [-0.39, 0.29) is 61.0 Å². The molecule has 0 aliphatic rings. The van der Waals surface area contributed by atoms with Crippen LogP contribution in [-0.4, -0.2) is 84.4 Å². The van der Waals surface area contributed by atoms with E-state index in [4.69, 9.17) is 23.5 Å². The smallest absolute Gasteiger partial charge is 0.431 e. The average molecular weight is 926 g/mol. The number of hydrogen-bond acceptors (Lipinski definition) is 13. The molecule has 3 aromatic carbocycles. The first-order valence-electron chi connectivity index (χ1n) is 22.1. The fourth-order valence-electron chi connectivity index (χ4n) is 6.77. The van der Waals surface area contributed by atoms with Crippen LogP contribution in [0, 0.1) is 5.92 Å². The number of hydroxylamine groups is 2. The van der Waals surface area contributed by atoms with Crippen molar-refractivity contribution in [3.63, 3.8) is 0 Å².